The van der Waals surface area contributed by atoms with Crippen LogP contribution in [0, 0.1) is 0 Å². The number of hydrogen-bond acceptors (Lipinski definition) is 4. The van der Waals surface area contributed by atoms with Crippen LogP contribution in [-0.4, -0.2) is 28.1 Å². The Kier molecular flexibility index (Phi) is 5.95. The summed E-state index contributed by atoms with van der Waals surface area (Å²) in [5.41, 5.74) is 2.96. The molecule has 2 aromatic rings. The quantitative estimate of drug-likeness (QED) is 0.746. The summed E-state index contributed by atoms with van der Waals surface area (Å²) in [6, 6.07) is 14.4. The summed E-state index contributed by atoms with van der Waals surface area (Å²) in [6.07, 6.45) is 2.79. The third-order valence-electron chi connectivity index (χ3n) is 5.31. The molecule has 1 fully saturated rings. The maximum atomic E-state index is 12.2. The van der Waals surface area contributed by atoms with Crippen LogP contribution in [0.25, 0.3) is 11.1 Å². The Morgan fingerprint density at radius 1 is 0.893 bits per heavy atom. The highest BCUT2D eigenvalue weighted by atomic mass is 32.2. The lowest BCUT2D eigenvalue weighted by atomic mass is 9.93. The molecule has 1 saturated carbocycles. The highest BCUT2D eigenvalue weighted by Crippen LogP contribution is 2.36. The average molecular weight is 423 g/mol. The molecule has 0 aromatic heterocycles. The molecule has 0 unspecified atom stereocenters. The maximum Gasteiger partial charge on any atom is 0.238 e. The van der Waals surface area contributed by atoms with Crippen LogP contribution in [0.1, 0.15) is 44.6 Å². The van der Waals surface area contributed by atoms with E-state index in [-0.39, 0.29) is 16.9 Å². The second-order valence-electron chi connectivity index (χ2n) is 7.55. The van der Waals surface area contributed by atoms with Crippen molar-refractivity contribution in [3.05, 3.63) is 54.1 Å². The standard InChI is InChI=1S/C20H26N2O4S2/c1-14(2)28(25,26)22-20-5-3-4-19(20)17-8-6-15(7-9-17)16-10-12-18(13-11-16)27(21,23)24/h6-14,19-20,22H,3-5H2,1-2H3,(H2,21,23,24)/t19-,20-/m1/s1. The van der Waals surface area contributed by atoms with Gasteiger partial charge in [0, 0.05) is 12.0 Å². The van der Waals surface area contributed by atoms with Crippen molar-refractivity contribution in [1.82, 2.24) is 4.72 Å². The van der Waals surface area contributed by atoms with E-state index in [0.717, 1.165) is 36.0 Å². The molecule has 0 bridgehead atoms. The molecule has 28 heavy (non-hydrogen) atoms. The van der Waals surface area contributed by atoms with E-state index in [1.54, 1.807) is 26.0 Å². The smallest absolute Gasteiger partial charge is 0.225 e. The monoisotopic (exact) mass is 422 g/mol. The van der Waals surface area contributed by atoms with E-state index in [9.17, 15) is 16.8 Å². The van der Waals surface area contributed by atoms with Gasteiger partial charge in [-0.25, -0.2) is 26.7 Å². The van der Waals surface area contributed by atoms with E-state index >= 15 is 0 Å². The maximum absolute atomic E-state index is 12.2. The molecular weight excluding hydrogens is 396 g/mol. The van der Waals surface area contributed by atoms with E-state index in [4.69, 9.17) is 5.14 Å². The van der Waals surface area contributed by atoms with Crippen molar-refractivity contribution < 1.29 is 16.8 Å². The molecule has 0 heterocycles. The van der Waals surface area contributed by atoms with Gasteiger partial charge in [0.05, 0.1) is 10.1 Å². The van der Waals surface area contributed by atoms with Gasteiger partial charge in [0.1, 0.15) is 0 Å². The molecular formula is C20H26N2O4S2. The van der Waals surface area contributed by atoms with Gasteiger partial charge < -0.3 is 0 Å². The van der Waals surface area contributed by atoms with Gasteiger partial charge in [-0.1, -0.05) is 42.8 Å². The lowest BCUT2D eigenvalue weighted by Gasteiger charge is -2.23. The number of sulfonamides is 2. The summed E-state index contributed by atoms with van der Waals surface area (Å²) in [5.74, 6) is 0.160. The third-order valence-corrected chi connectivity index (χ3v) is 8.11. The number of rotatable bonds is 6. The van der Waals surface area contributed by atoms with E-state index in [2.05, 4.69) is 4.72 Å². The molecule has 6 nitrogen and oxygen atoms in total. The molecule has 1 aliphatic carbocycles. The minimum absolute atomic E-state index is 0.0766. The third kappa shape index (κ3) is 4.63. The molecule has 0 aliphatic heterocycles. The van der Waals surface area contributed by atoms with E-state index < -0.39 is 25.3 Å². The van der Waals surface area contributed by atoms with Crippen molar-refractivity contribution in [3.8, 4) is 11.1 Å². The number of primary sulfonamides is 1. The van der Waals surface area contributed by atoms with Gasteiger partial charge in [-0.05, 0) is 55.5 Å². The van der Waals surface area contributed by atoms with Gasteiger partial charge in [-0.3, -0.25) is 0 Å². The van der Waals surface area contributed by atoms with Crippen molar-refractivity contribution in [2.24, 2.45) is 5.14 Å². The number of nitrogens with two attached hydrogens (primary N) is 1. The molecule has 3 N–H and O–H groups in total. The van der Waals surface area contributed by atoms with Crippen LogP contribution in [0.4, 0.5) is 0 Å². The first-order chi connectivity index (χ1) is 13.1. The Hall–Kier alpha value is -1.74. The number of benzene rings is 2. The summed E-state index contributed by atoms with van der Waals surface area (Å²) in [5, 5.41) is 4.69. The zero-order valence-corrected chi connectivity index (χ0v) is 17.6. The lowest BCUT2D eigenvalue weighted by Crippen LogP contribution is -2.40. The Morgan fingerprint density at radius 2 is 1.43 bits per heavy atom. The van der Waals surface area contributed by atoms with Gasteiger partial charge in [-0.15, -0.1) is 0 Å². The zero-order chi connectivity index (χ0) is 20.5. The summed E-state index contributed by atoms with van der Waals surface area (Å²) in [4.78, 5) is 0.0825. The summed E-state index contributed by atoms with van der Waals surface area (Å²) >= 11 is 0. The van der Waals surface area contributed by atoms with Crippen molar-refractivity contribution in [2.75, 3.05) is 0 Å². The van der Waals surface area contributed by atoms with E-state index in [1.807, 2.05) is 24.3 Å². The van der Waals surface area contributed by atoms with Crippen molar-refractivity contribution >= 4 is 20.0 Å². The average Bonchev–Trinajstić information content (AvgIpc) is 3.08. The van der Waals surface area contributed by atoms with Gasteiger partial charge in [-0.2, -0.15) is 0 Å². The minimum atomic E-state index is -3.70. The van der Waals surface area contributed by atoms with E-state index in [1.165, 1.54) is 12.1 Å². The van der Waals surface area contributed by atoms with Crippen molar-refractivity contribution in [2.45, 2.75) is 55.2 Å². The summed E-state index contributed by atoms with van der Waals surface area (Å²) < 4.78 is 50.1. The van der Waals surface area contributed by atoms with Crippen LogP contribution in [0.2, 0.25) is 0 Å². The van der Waals surface area contributed by atoms with Crippen LogP contribution < -0.4 is 9.86 Å². The molecule has 0 amide bonds. The molecule has 0 spiro atoms. The van der Waals surface area contributed by atoms with Crippen LogP contribution in [0.3, 0.4) is 0 Å². The number of nitrogens with one attached hydrogen (secondary N) is 1. The first kappa shape index (κ1) is 21.0. The Bertz CT molecular complexity index is 1030. The fraction of sp³-hybridized carbons (Fsp3) is 0.400. The summed E-state index contributed by atoms with van der Waals surface area (Å²) in [6.45, 7) is 3.37. The SMILES string of the molecule is CC(C)S(=O)(=O)N[C@@H]1CCC[C@@H]1c1ccc(-c2ccc(S(N)(=O)=O)cc2)cc1. The fourth-order valence-corrected chi connectivity index (χ4v) is 5.10. The van der Waals surface area contributed by atoms with Crippen LogP contribution in [-0.2, 0) is 20.0 Å². The molecule has 0 radical (unpaired) electrons. The Labute approximate surface area is 167 Å². The number of hydrogen-bond donors (Lipinski definition) is 2. The van der Waals surface area contributed by atoms with Crippen molar-refractivity contribution in [1.29, 1.82) is 0 Å². The van der Waals surface area contributed by atoms with Crippen LogP contribution in [0.15, 0.2) is 53.4 Å². The van der Waals surface area contributed by atoms with Gasteiger partial charge >= 0.3 is 0 Å². The minimum Gasteiger partial charge on any atom is -0.225 e. The van der Waals surface area contributed by atoms with Crippen LogP contribution >= 0.6 is 0 Å². The molecule has 3 rings (SSSR count). The topological polar surface area (TPSA) is 106 Å². The largest absolute Gasteiger partial charge is 0.238 e. The second kappa shape index (κ2) is 7.94. The highest BCUT2D eigenvalue weighted by Gasteiger charge is 2.32. The Morgan fingerprint density at radius 3 is 1.93 bits per heavy atom. The molecule has 2 atom stereocenters. The van der Waals surface area contributed by atoms with Crippen molar-refractivity contribution in [3.63, 3.8) is 0 Å². The molecule has 2 aromatic carbocycles. The first-order valence-electron chi connectivity index (χ1n) is 9.32. The van der Waals surface area contributed by atoms with Gasteiger partial charge in [0.15, 0.2) is 0 Å². The van der Waals surface area contributed by atoms with E-state index in [0.29, 0.717) is 0 Å². The highest BCUT2D eigenvalue weighted by molar-refractivity contribution is 7.90. The van der Waals surface area contributed by atoms with Crippen LogP contribution in [0.5, 0.6) is 0 Å². The predicted octanol–water partition coefficient (Wildman–Crippen LogP) is 2.96. The second-order valence-corrected chi connectivity index (χ2v) is 11.4. The van der Waals surface area contributed by atoms with Gasteiger partial charge in [0.25, 0.3) is 0 Å². The summed E-state index contributed by atoms with van der Waals surface area (Å²) in [7, 11) is -7.00. The normalized spacial score (nSPS) is 20.6. The molecule has 1 aliphatic rings. The molecule has 0 saturated heterocycles. The Balaban J connectivity index is 1.78. The fourth-order valence-electron chi connectivity index (χ4n) is 3.61. The zero-order valence-electron chi connectivity index (χ0n) is 16.0. The van der Waals surface area contributed by atoms with Gasteiger partial charge in [0.2, 0.25) is 20.0 Å². The first-order valence-corrected chi connectivity index (χ1v) is 12.4. The molecule has 8 heteroatoms. The lowest BCUT2D eigenvalue weighted by molar-refractivity contribution is 0.519. The predicted molar refractivity (Wildman–Crippen MR) is 111 cm³/mol. The molecule has 152 valence electrons.